The summed E-state index contributed by atoms with van der Waals surface area (Å²) < 4.78 is 0.506. The van der Waals surface area contributed by atoms with E-state index in [4.69, 9.17) is 0 Å². The number of hydrogen-bond acceptors (Lipinski definition) is 4. The van der Waals surface area contributed by atoms with E-state index >= 15 is 0 Å². The van der Waals surface area contributed by atoms with Crippen LogP contribution in [-0.4, -0.2) is 16.2 Å². The van der Waals surface area contributed by atoms with Crippen molar-refractivity contribution in [1.29, 1.82) is 0 Å². The van der Waals surface area contributed by atoms with Crippen LogP contribution in [0.5, 0.6) is 5.75 Å². The predicted molar refractivity (Wildman–Crippen MR) is 94.9 cm³/mol. The van der Waals surface area contributed by atoms with Gasteiger partial charge in [0.2, 0.25) is 5.75 Å². The van der Waals surface area contributed by atoms with Gasteiger partial charge in [0.15, 0.2) is 0 Å². The number of rotatable bonds is 3. The van der Waals surface area contributed by atoms with Crippen LogP contribution in [0.15, 0.2) is 45.9 Å². The monoisotopic (exact) mass is 376 g/mol. The highest BCUT2D eigenvalue weighted by atomic mass is 79.9. The number of phenols is 1. The van der Waals surface area contributed by atoms with Gasteiger partial charge in [-0.2, -0.15) is 0 Å². The molecular formula is C17H17BrN2O3. The molecule has 0 saturated heterocycles. The third-order valence-electron chi connectivity index (χ3n) is 3.37. The number of hydrogen-bond donors (Lipinski definition) is 1. The zero-order valence-corrected chi connectivity index (χ0v) is 14.7. The van der Waals surface area contributed by atoms with Gasteiger partial charge in [-0.25, -0.2) is 0 Å². The van der Waals surface area contributed by atoms with Gasteiger partial charge in [-0.05, 0) is 29.2 Å². The van der Waals surface area contributed by atoms with Gasteiger partial charge in [-0.15, -0.1) is 0 Å². The van der Waals surface area contributed by atoms with Crippen molar-refractivity contribution in [2.75, 3.05) is 0 Å². The summed E-state index contributed by atoms with van der Waals surface area (Å²) in [6.07, 6.45) is 1.42. The highest BCUT2D eigenvalue weighted by molar-refractivity contribution is 9.10. The molecule has 0 fully saturated rings. The van der Waals surface area contributed by atoms with E-state index in [-0.39, 0.29) is 16.7 Å². The number of nitro groups is 1. The maximum Gasteiger partial charge on any atom is 0.312 e. The van der Waals surface area contributed by atoms with Crippen molar-refractivity contribution < 1.29 is 10.0 Å². The molecular weight excluding hydrogens is 360 g/mol. The van der Waals surface area contributed by atoms with Crippen molar-refractivity contribution in [3.8, 4) is 5.75 Å². The van der Waals surface area contributed by atoms with E-state index in [0.29, 0.717) is 10.2 Å². The topological polar surface area (TPSA) is 75.7 Å². The molecule has 6 heteroatoms. The SMILES string of the molecule is CC(C)(C)c1ccc(N=Cc2cc(Br)cc([N+](=O)[O-])c2O)cc1. The lowest BCUT2D eigenvalue weighted by Crippen LogP contribution is -2.10. The lowest BCUT2D eigenvalue weighted by atomic mass is 9.87. The van der Waals surface area contributed by atoms with Crippen LogP contribution in [0, 0.1) is 10.1 Å². The molecule has 0 radical (unpaired) electrons. The molecule has 5 nitrogen and oxygen atoms in total. The number of halogens is 1. The largest absolute Gasteiger partial charge is 0.502 e. The molecule has 23 heavy (non-hydrogen) atoms. The number of phenolic OH excluding ortho intramolecular Hbond substituents is 1. The van der Waals surface area contributed by atoms with Gasteiger partial charge in [0.25, 0.3) is 0 Å². The maximum absolute atomic E-state index is 10.9. The number of nitro benzene ring substituents is 1. The number of nitrogens with zero attached hydrogens (tertiary/aromatic N) is 2. The minimum absolute atomic E-state index is 0.0609. The Kier molecular flexibility index (Phi) is 4.85. The molecule has 2 aromatic carbocycles. The number of aliphatic imine (C=N–C) groups is 1. The summed E-state index contributed by atoms with van der Waals surface area (Å²) in [4.78, 5) is 14.6. The van der Waals surface area contributed by atoms with E-state index in [1.165, 1.54) is 17.8 Å². The Balaban J connectivity index is 2.32. The van der Waals surface area contributed by atoms with Crippen molar-refractivity contribution in [2.24, 2.45) is 4.99 Å². The van der Waals surface area contributed by atoms with E-state index in [1.807, 2.05) is 24.3 Å². The average molecular weight is 377 g/mol. The molecule has 120 valence electrons. The minimum atomic E-state index is -0.629. The molecule has 0 aliphatic carbocycles. The second-order valence-corrected chi connectivity index (χ2v) is 7.09. The van der Waals surface area contributed by atoms with Gasteiger partial charge in [-0.1, -0.05) is 48.8 Å². The van der Waals surface area contributed by atoms with Gasteiger partial charge in [0.05, 0.1) is 10.6 Å². The third kappa shape index (κ3) is 4.16. The van der Waals surface area contributed by atoms with E-state index in [0.717, 1.165) is 0 Å². The van der Waals surface area contributed by atoms with Crippen molar-refractivity contribution in [2.45, 2.75) is 26.2 Å². The lowest BCUT2D eigenvalue weighted by molar-refractivity contribution is -0.385. The molecule has 1 N–H and O–H groups in total. The van der Waals surface area contributed by atoms with Gasteiger partial charge < -0.3 is 5.11 Å². The second-order valence-electron chi connectivity index (χ2n) is 6.17. The number of benzene rings is 2. The Bertz CT molecular complexity index is 763. The standard InChI is InChI=1S/C17H17BrN2O3/c1-17(2,3)12-4-6-14(7-5-12)19-10-11-8-13(18)9-15(16(11)21)20(22)23/h4-10,21H,1-3H3. The molecule has 0 aliphatic heterocycles. The smallest absolute Gasteiger partial charge is 0.312 e. The molecule has 0 saturated carbocycles. The van der Waals surface area contributed by atoms with Crippen LogP contribution in [0.4, 0.5) is 11.4 Å². The Hall–Kier alpha value is -2.21. The maximum atomic E-state index is 10.9. The second kappa shape index (κ2) is 6.50. The van der Waals surface area contributed by atoms with Crippen molar-refractivity contribution in [1.82, 2.24) is 0 Å². The Morgan fingerprint density at radius 3 is 2.35 bits per heavy atom. The summed E-state index contributed by atoms with van der Waals surface area (Å²) in [5.74, 6) is -0.395. The Labute approximate surface area is 143 Å². The van der Waals surface area contributed by atoms with Crippen LogP contribution < -0.4 is 0 Å². The fourth-order valence-corrected chi connectivity index (χ4v) is 2.50. The van der Waals surface area contributed by atoms with Crippen LogP contribution in [0.3, 0.4) is 0 Å². The van der Waals surface area contributed by atoms with Gasteiger partial charge >= 0.3 is 5.69 Å². The average Bonchev–Trinajstić information content (AvgIpc) is 2.47. The number of aromatic hydroxyl groups is 1. The fourth-order valence-electron chi connectivity index (χ4n) is 2.03. The molecule has 0 unspecified atom stereocenters. The first-order chi connectivity index (χ1) is 10.7. The first kappa shape index (κ1) is 17.1. The molecule has 2 aromatic rings. The molecule has 0 bridgehead atoms. The molecule has 0 aliphatic rings. The minimum Gasteiger partial charge on any atom is -0.502 e. The predicted octanol–water partition coefficient (Wildman–Crippen LogP) is 5.11. The molecule has 0 spiro atoms. The zero-order chi connectivity index (χ0) is 17.2. The zero-order valence-electron chi connectivity index (χ0n) is 13.1. The quantitative estimate of drug-likeness (QED) is 0.459. The lowest BCUT2D eigenvalue weighted by Gasteiger charge is -2.18. The van der Waals surface area contributed by atoms with E-state index in [2.05, 4.69) is 41.7 Å². The van der Waals surface area contributed by atoms with Crippen molar-refractivity contribution in [3.05, 3.63) is 62.1 Å². The van der Waals surface area contributed by atoms with E-state index in [1.54, 1.807) is 6.07 Å². The van der Waals surface area contributed by atoms with E-state index < -0.39 is 10.7 Å². The fraction of sp³-hybridized carbons (Fsp3) is 0.235. The van der Waals surface area contributed by atoms with Crippen LogP contribution in [0.25, 0.3) is 0 Å². The first-order valence-corrected chi connectivity index (χ1v) is 7.79. The van der Waals surface area contributed by atoms with Gasteiger partial charge in [0, 0.05) is 22.3 Å². The molecule has 0 atom stereocenters. The van der Waals surface area contributed by atoms with Crippen molar-refractivity contribution >= 4 is 33.5 Å². The summed E-state index contributed by atoms with van der Waals surface area (Å²) in [5.41, 5.74) is 1.89. The molecule has 0 amide bonds. The Morgan fingerprint density at radius 1 is 1.22 bits per heavy atom. The van der Waals surface area contributed by atoms with Gasteiger partial charge in [-0.3, -0.25) is 15.1 Å². The third-order valence-corrected chi connectivity index (χ3v) is 3.82. The van der Waals surface area contributed by atoms with Gasteiger partial charge in [0.1, 0.15) is 0 Å². The normalized spacial score (nSPS) is 11.8. The molecule has 0 aromatic heterocycles. The Morgan fingerprint density at radius 2 is 1.83 bits per heavy atom. The van der Waals surface area contributed by atoms with E-state index in [9.17, 15) is 15.2 Å². The first-order valence-electron chi connectivity index (χ1n) is 7.00. The summed E-state index contributed by atoms with van der Waals surface area (Å²) in [7, 11) is 0. The summed E-state index contributed by atoms with van der Waals surface area (Å²) in [5, 5.41) is 20.9. The van der Waals surface area contributed by atoms with Crippen LogP contribution >= 0.6 is 15.9 Å². The van der Waals surface area contributed by atoms with Crippen LogP contribution in [0.1, 0.15) is 31.9 Å². The summed E-state index contributed by atoms with van der Waals surface area (Å²) >= 11 is 3.20. The summed E-state index contributed by atoms with van der Waals surface area (Å²) in [6, 6.07) is 10.6. The van der Waals surface area contributed by atoms with Crippen molar-refractivity contribution in [3.63, 3.8) is 0 Å². The van der Waals surface area contributed by atoms with Crippen LogP contribution in [0.2, 0.25) is 0 Å². The molecule has 0 heterocycles. The van der Waals surface area contributed by atoms with Crippen LogP contribution in [-0.2, 0) is 5.41 Å². The summed E-state index contributed by atoms with van der Waals surface area (Å²) in [6.45, 7) is 6.39. The highest BCUT2D eigenvalue weighted by Gasteiger charge is 2.17. The highest BCUT2D eigenvalue weighted by Crippen LogP contribution is 2.33. The molecule has 2 rings (SSSR count).